The quantitative estimate of drug-likeness (QED) is 0.310. The number of hydrogen-bond acceptors (Lipinski definition) is 2. The fourth-order valence-corrected chi connectivity index (χ4v) is 8.63. The van der Waals surface area contributed by atoms with Crippen LogP contribution in [0.4, 0.5) is 0 Å². The summed E-state index contributed by atoms with van der Waals surface area (Å²) < 4.78 is 12.6. The summed E-state index contributed by atoms with van der Waals surface area (Å²) in [6.07, 6.45) is 4.21. The summed E-state index contributed by atoms with van der Waals surface area (Å²) in [5.74, 6) is 0. The molecule has 1 fully saturated rings. The summed E-state index contributed by atoms with van der Waals surface area (Å²) in [7, 11) is -2.13. The largest absolute Gasteiger partial charge is 0.458 e. The molecule has 1 saturated heterocycles. The number of rotatable bonds is 8. The van der Waals surface area contributed by atoms with Crippen LogP contribution in [0.25, 0.3) is 5.57 Å². The number of hydrogen-bond donors (Lipinski definition) is 0. The topological polar surface area (TPSA) is 18.5 Å². The zero-order valence-corrected chi connectivity index (χ0v) is 23.1. The van der Waals surface area contributed by atoms with Gasteiger partial charge in [-0.2, -0.15) is 0 Å². The fraction of sp³-hybridized carbons (Fsp3) is 0.355. The van der Waals surface area contributed by atoms with Gasteiger partial charge >= 0.3 is 7.12 Å². The van der Waals surface area contributed by atoms with E-state index >= 15 is 0 Å². The average Bonchev–Trinajstić information content (AvgIpc) is 3.05. The molecule has 0 bridgehead atoms. The predicted molar refractivity (Wildman–Crippen MR) is 153 cm³/mol. The Morgan fingerprint density at radius 3 is 1.80 bits per heavy atom. The molecule has 35 heavy (non-hydrogen) atoms. The first-order chi connectivity index (χ1) is 16.6. The lowest BCUT2D eigenvalue weighted by Crippen LogP contribution is -2.48. The van der Waals surface area contributed by atoms with Crippen molar-refractivity contribution < 1.29 is 9.31 Å². The van der Waals surface area contributed by atoms with Crippen LogP contribution in [0.5, 0.6) is 0 Å². The third-order valence-electron chi connectivity index (χ3n) is 7.86. The van der Waals surface area contributed by atoms with Gasteiger partial charge in [-0.3, -0.25) is 0 Å². The van der Waals surface area contributed by atoms with Crippen molar-refractivity contribution in [2.45, 2.75) is 70.3 Å². The highest BCUT2D eigenvalue weighted by Crippen LogP contribution is 2.41. The molecule has 0 aromatic heterocycles. The van der Waals surface area contributed by atoms with Crippen LogP contribution < -0.4 is 5.19 Å². The molecule has 0 spiro atoms. The van der Waals surface area contributed by atoms with Gasteiger partial charge in [0.2, 0.25) is 0 Å². The minimum atomic E-state index is -1.95. The van der Waals surface area contributed by atoms with Crippen molar-refractivity contribution in [2.24, 2.45) is 0 Å². The highest BCUT2D eigenvalue weighted by molar-refractivity contribution is 6.92. The average molecular weight is 483 g/mol. The lowest BCUT2D eigenvalue weighted by Gasteiger charge is -2.36. The van der Waals surface area contributed by atoms with Crippen molar-refractivity contribution in [1.29, 1.82) is 0 Å². The van der Waals surface area contributed by atoms with E-state index in [4.69, 9.17) is 9.31 Å². The van der Waals surface area contributed by atoms with E-state index in [0.29, 0.717) is 5.54 Å². The van der Waals surface area contributed by atoms with E-state index in [2.05, 4.69) is 138 Å². The van der Waals surface area contributed by atoms with Gasteiger partial charge in [-0.05, 0) is 57.1 Å². The fourth-order valence-electron chi connectivity index (χ4n) is 5.16. The van der Waals surface area contributed by atoms with E-state index in [1.807, 2.05) is 0 Å². The Kier molecular flexibility index (Phi) is 7.56. The maximum absolute atomic E-state index is 6.29. The van der Waals surface area contributed by atoms with Gasteiger partial charge in [0.1, 0.15) is 0 Å². The summed E-state index contributed by atoms with van der Waals surface area (Å²) >= 11 is 0. The molecule has 1 atom stereocenters. The second-order valence-electron chi connectivity index (χ2n) is 11.2. The molecule has 0 aliphatic carbocycles. The zero-order chi connectivity index (χ0) is 25.1. The first kappa shape index (κ1) is 25.7. The Bertz CT molecular complexity index is 1110. The zero-order valence-electron chi connectivity index (χ0n) is 22.1. The standard InChI is InChI=1S/C31H39BO2Si/c1-30(2)31(3,4)34-32(33-30)24-16-23-28(25-17-10-7-11-18-25)29(26-19-12-8-13-20-26)35(5,6)27-21-14-9-15-22-27/h7-15,17-23,29H,16,24H2,1-6H3/b28-23+. The second kappa shape index (κ2) is 10.3. The highest BCUT2D eigenvalue weighted by atomic mass is 28.3. The van der Waals surface area contributed by atoms with E-state index in [1.54, 1.807) is 0 Å². The van der Waals surface area contributed by atoms with Crippen molar-refractivity contribution in [3.05, 3.63) is 108 Å². The van der Waals surface area contributed by atoms with Gasteiger partial charge in [0.05, 0.1) is 19.3 Å². The molecule has 0 saturated carbocycles. The minimum Gasteiger partial charge on any atom is -0.403 e. The normalized spacial score (nSPS) is 18.5. The molecular formula is C31H39BO2Si. The van der Waals surface area contributed by atoms with Crippen LogP contribution in [-0.2, 0) is 9.31 Å². The summed E-state index contributed by atoms with van der Waals surface area (Å²) in [5.41, 5.74) is 3.84. The van der Waals surface area contributed by atoms with Gasteiger partial charge < -0.3 is 9.31 Å². The van der Waals surface area contributed by atoms with E-state index in [1.165, 1.54) is 21.9 Å². The summed E-state index contributed by atoms with van der Waals surface area (Å²) in [5, 5.41) is 1.47. The van der Waals surface area contributed by atoms with Crippen molar-refractivity contribution in [2.75, 3.05) is 0 Å². The molecule has 0 N–H and O–H groups in total. The Balaban J connectivity index is 1.73. The second-order valence-corrected chi connectivity index (χ2v) is 15.8. The van der Waals surface area contributed by atoms with Crippen LogP contribution in [0.1, 0.15) is 50.8 Å². The molecule has 0 amide bonds. The molecule has 1 heterocycles. The van der Waals surface area contributed by atoms with Crippen molar-refractivity contribution in [1.82, 2.24) is 0 Å². The first-order valence-corrected chi connectivity index (χ1v) is 15.9. The molecular weight excluding hydrogens is 443 g/mol. The molecule has 4 heteroatoms. The molecule has 1 unspecified atom stereocenters. The summed E-state index contributed by atoms with van der Waals surface area (Å²) in [6.45, 7) is 13.5. The van der Waals surface area contributed by atoms with Crippen molar-refractivity contribution in [3.8, 4) is 0 Å². The van der Waals surface area contributed by atoms with E-state index in [9.17, 15) is 0 Å². The van der Waals surface area contributed by atoms with Gasteiger partial charge in [-0.25, -0.2) is 0 Å². The van der Waals surface area contributed by atoms with Crippen LogP contribution in [0, 0.1) is 0 Å². The third kappa shape index (κ3) is 5.56. The molecule has 2 nitrogen and oxygen atoms in total. The van der Waals surface area contributed by atoms with E-state index < -0.39 is 8.07 Å². The number of benzene rings is 3. The monoisotopic (exact) mass is 482 g/mol. The van der Waals surface area contributed by atoms with Crippen LogP contribution >= 0.6 is 0 Å². The number of allylic oxidation sites excluding steroid dienone is 2. The lowest BCUT2D eigenvalue weighted by molar-refractivity contribution is 0.00578. The Labute approximate surface area is 213 Å². The maximum Gasteiger partial charge on any atom is 0.458 e. The molecule has 1 aliphatic heterocycles. The van der Waals surface area contributed by atoms with Gasteiger partial charge in [0, 0.05) is 5.54 Å². The Hall–Kier alpha value is -2.40. The van der Waals surface area contributed by atoms with Gasteiger partial charge in [-0.1, -0.05) is 115 Å². The minimum absolute atomic E-state index is 0.178. The lowest BCUT2D eigenvalue weighted by atomic mass is 9.82. The van der Waals surface area contributed by atoms with Gasteiger partial charge in [0.25, 0.3) is 0 Å². The third-order valence-corrected chi connectivity index (χ3v) is 11.8. The molecule has 3 aromatic carbocycles. The van der Waals surface area contributed by atoms with Crippen LogP contribution in [0.3, 0.4) is 0 Å². The van der Waals surface area contributed by atoms with Crippen molar-refractivity contribution >= 4 is 26.0 Å². The SMILES string of the molecule is CC1(C)OB(CC/C=C(\c2ccccc2)C(c2ccccc2)[Si](C)(C)c2ccccc2)OC1(C)C. The van der Waals surface area contributed by atoms with Gasteiger partial charge in [-0.15, -0.1) is 0 Å². The molecule has 182 valence electrons. The Morgan fingerprint density at radius 1 is 0.771 bits per heavy atom. The van der Waals surface area contributed by atoms with E-state index in [-0.39, 0.29) is 18.3 Å². The molecule has 4 rings (SSSR count). The van der Waals surface area contributed by atoms with Crippen molar-refractivity contribution in [3.63, 3.8) is 0 Å². The van der Waals surface area contributed by atoms with Gasteiger partial charge in [0.15, 0.2) is 0 Å². The first-order valence-electron chi connectivity index (χ1n) is 12.8. The maximum atomic E-state index is 6.29. The molecule has 3 aromatic rings. The Morgan fingerprint density at radius 2 is 1.26 bits per heavy atom. The van der Waals surface area contributed by atoms with Crippen LogP contribution in [0.15, 0.2) is 97.1 Å². The van der Waals surface area contributed by atoms with Crippen LogP contribution in [-0.4, -0.2) is 26.4 Å². The van der Waals surface area contributed by atoms with Crippen LogP contribution in [0.2, 0.25) is 19.4 Å². The summed E-state index contributed by atoms with van der Waals surface area (Å²) in [4.78, 5) is 0. The predicted octanol–water partition coefficient (Wildman–Crippen LogP) is 7.49. The highest BCUT2D eigenvalue weighted by Gasteiger charge is 2.50. The smallest absolute Gasteiger partial charge is 0.403 e. The summed E-state index contributed by atoms with van der Waals surface area (Å²) in [6, 6.07) is 33.1. The molecule has 0 radical (unpaired) electrons. The molecule has 1 aliphatic rings. The van der Waals surface area contributed by atoms with E-state index in [0.717, 1.165) is 12.7 Å².